The molecule has 1 aromatic carbocycles. The van der Waals surface area contributed by atoms with E-state index in [4.69, 9.17) is 0 Å². The summed E-state index contributed by atoms with van der Waals surface area (Å²) in [6, 6.07) is 10.8. The van der Waals surface area contributed by atoms with Crippen molar-refractivity contribution < 1.29 is 0 Å². The summed E-state index contributed by atoms with van der Waals surface area (Å²) in [5.41, 5.74) is 1.97. The Morgan fingerprint density at radius 3 is 2.24 bits per heavy atom. The van der Waals surface area contributed by atoms with Crippen molar-refractivity contribution in [3.05, 3.63) is 35.9 Å². The molecule has 0 saturated heterocycles. The summed E-state index contributed by atoms with van der Waals surface area (Å²) in [4.78, 5) is 0. The zero-order valence-electron chi connectivity index (χ0n) is 11.6. The molecule has 0 spiro atoms. The molecule has 17 heavy (non-hydrogen) atoms. The molecule has 0 atom stereocenters. The van der Waals surface area contributed by atoms with Crippen LogP contribution in [0, 0.1) is 5.41 Å². The Hall–Kier alpha value is -0.820. The van der Waals surface area contributed by atoms with Gasteiger partial charge in [0.05, 0.1) is 0 Å². The Morgan fingerprint density at radius 1 is 1.06 bits per heavy atom. The summed E-state index contributed by atoms with van der Waals surface area (Å²) in [5, 5.41) is 3.36. The molecule has 0 aromatic heterocycles. The van der Waals surface area contributed by atoms with Gasteiger partial charge in [-0.3, -0.25) is 0 Å². The van der Waals surface area contributed by atoms with Crippen LogP contribution in [0.1, 0.15) is 45.1 Å². The molecule has 0 amide bonds. The smallest absolute Gasteiger partial charge is 0.000460 e. The molecule has 1 rings (SSSR count). The quantitative estimate of drug-likeness (QED) is 0.714. The molecule has 0 aliphatic heterocycles. The Bertz CT molecular complexity index is 288. The molecule has 0 heterocycles. The van der Waals surface area contributed by atoms with Crippen molar-refractivity contribution >= 4 is 0 Å². The maximum atomic E-state index is 3.36. The second-order valence-corrected chi connectivity index (χ2v) is 5.08. The van der Waals surface area contributed by atoms with Crippen molar-refractivity contribution in [2.45, 2.75) is 46.0 Å². The third-order valence-corrected chi connectivity index (χ3v) is 4.07. The molecular weight excluding hydrogens is 206 g/mol. The molecule has 0 saturated carbocycles. The van der Waals surface area contributed by atoms with Gasteiger partial charge in [-0.25, -0.2) is 0 Å². The molecule has 1 aromatic rings. The largest absolute Gasteiger partial charge is 0.319 e. The van der Waals surface area contributed by atoms with E-state index in [0.717, 1.165) is 6.54 Å². The fraction of sp³-hybridized carbons (Fsp3) is 0.625. The predicted molar refractivity (Wildman–Crippen MR) is 76.3 cm³/mol. The summed E-state index contributed by atoms with van der Waals surface area (Å²) in [6.45, 7) is 5.79. The minimum Gasteiger partial charge on any atom is -0.319 e. The topological polar surface area (TPSA) is 12.0 Å². The standard InChI is InChI=1S/C16H27N/c1-4-16(5-2,14-17-3)13-9-12-15-10-7-6-8-11-15/h6-8,10-11,17H,4-5,9,12-14H2,1-3H3. The molecule has 0 aliphatic rings. The zero-order valence-corrected chi connectivity index (χ0v) is 11.6. The van der Waals surface area contributed by atoms with Gasteiger partial charge in [0, 0.05) is 6.54 Å². The molecular formula is C16H27N. The summed E-state index contributed by atoms with van der Waals surface area (Å²) >= 11 is 0. The molecule has 1 heteroatoms. The van der Waals surface area contributed by atoms with Gasteiger partial charge in [0.1, 0.15) is 0 Å². The van der Waals surface area contributed by atoms with Gasteiger partial charge in [0.2, 0.25) is 0 Å². The van der Waals surface area contributed by atoms with Gasteiger partial charge in [-0.15, -0.1) is 0 Å². The summed E-state index contributed by atoms with van der Waals surface area (Å²) in [7, 11) is 2.07. The first-order chi connectivity index (χ1) is 8.26. The van der Waals surface area contributed by atoms with E-state index in [0.29, 0.717) is 5.41 Å². The van der Waals surface area contributed by atoms with Gasteiger partial charge in [0.15, 0.2) is 0 Å². The van der Waals surface area contributed by atoms with Crippen LogP contribution in [0.3, 0.4) is 0 Å². The van der Waals surface area contributed by atoms with Gasteiger partial charge < -0.3 is 5.32 Å². The highest BCUT2D eigenvalue weighted by atomic mass is 14.8. The van der Waals surface area contributed by atoms with Crippen LogP contribution in [0.2, 0.25) is 0 Å². The van der Waals surface area contributed by atoms with Gasteiger partial charge in [-0.2, -0.15) is 0 Å². The zero-order chi connectivity index (χ0) is 12.6. The first-order valence-corrected chi connectivity index (χ1v) is 6.95. The second kappa shape index (κ2) is 7.50. The minimum absolute atomic E-state index is 0.504. The van der Waals surface area contributed by atoms with Crippen molar-refractivity contribution in [2.24, 2.45) is 5.41 Å². The average Bonchev–Trinajstić information content (AvgIpc) is 2.39. The van der Waals surface area contributed by atoms with Crippen LogP contribution in [0.15, 0.2) is 30.3 Å². The van der Waals surface area contributed by atoms with Crippen LogP contribution in [-0.4, -0.2) is 13.6 Å². The maximum absolute atomic E-state index is 3.36. The van der Waals surface area contributed by atoms with E-state index < -0.39 is 0 Å². The summed E-state index contributed by atoms with van der Waals surface area (Å²) in [5.74, 6) is 0. The fourth-order valence-corrected chi connectivity index (χ4v) is 2.63. The average molecular weight is 233 g/mol. The van der Waals surface area contributed by atoms with Crippen molar-refractivity contribution in [3.8, 4) is 0 Å². The molecule has 0 unspecified atom stereocenters. The monoisotopic (exact) mass is 233 g/mol. The van der Waals surface area contributed by atoms with E-state index in [9.17, 15) is 0 Å². The molecule has 0 fully saturated rings. The maximum Gasteiger partial charge on any atom is 0.000460 e. The van der Waals surface area contributed by atoms with Crippen LogP contribution < -0.4 is 5.32 Å². The van der Waals surface area contributed by atoms with E-state index in [1.165, 1.54) is 37.7 Å². The van der Waals surface area contributed by atoms with E-state index in [1.54, 1.807) is 0 Å². The number of benzene rings is 1. The van der Waals surface area contributed by atoms with E-state index >= 15 is 0 Å². The van der Waals surface area contributed by atoms with Gasteiger partial charge in [-0.1, -0.05) is 44.2 Å². The molecule has 0 aliphatic carbocycles. The lowest BCUT2D eigenvalue weighted by Gasteiger charge is -2.31. The van der Waals surface area contributed by atoms with Crippen LogP contribution in [0.25, 0.3) is 0 Å². The van der Waals surface area contributed by atoms with Crippen LogP contribution in [0.5, 0.6) is 0 Å². The molecule has 0 bridgehead atoms. The highest BCUT2D eigenvalue weighted by Gasteiger charge is 2.24. The van der Waals surface area contributed by atoms with Crippen LogP contribution in [-0.2, 0) is 6.42 Å². The van der Waals surface area contributed by atoms with Gasteiger partial charge >= 0.3 is 0 Å². The predicted octanol–water partition coefficient (Wildman–Crippen LogP) is 4.04. The highest BCUT2D eigenvalue weighted by Crippen LogP contribution is 2.31. The number of nitrogens with one attached hydrogen (secondary N) is 1. The Morgan fingerprint density at radius 2 is 1.71 bits per heavy atom. The second-order valence-electron chi connectivity index (χ2n) is 5.08. The number of hydrogen-bond donors (Lipinski definition) is 1. The van der Waals surface area contributed by atoms with E-state index in [2.05, 4.69) is 56.5 Å². The lowest BCUT2D eigenvalue weighted by atomic mass is 9.77. The normalized spacial score (nSPS) is 11.7. The van der Waals surface area contributed by atoms with E-state index in [-0.39, 0.29) is 0 Å². The lowest BCUT2D eigenvalue weighted by Crippen LogP contribution is -2.31. The minimum atomic E-state index is 0.504. The molecule has 1 nitrogen and oxygen atoms in total. The number of hydrogen-bond acceptors (Lipinski definition) is 1. The summed E-state index contributed by atoms with van der Waals surface area (Å²) < 4.78 is 0. The number of aryl methyl sites for hydroxylation is 1. The van der Waals surface area contributed by atoms with Crippen LogP contribution >= 0.6 is 0 Å². The number of rotatable bonds is 8. The van der Waals surface area contributed by atoms with Crippen LogP contribution in [0.4, 0.5) is 0 Å². The highest BCUT2D eigenvalue weighted by molar-refractivity contribution is 5.14. The van der Waals surface area contributed by atoms with Crippen molar-refractivity contribution in [2.75, 3.05) is 13.6 Å². The SMILES string of the molecule is CCC(CC)(CCCc1ccccc1)CNC. The van der Waals surface area contributed by atoms with E-state index in [1.807, 2.05) is 0 Å². The van der Waals surface area contributed by atoms with Crippen molar-refractivity contribution in [1.29, 1.82) is 0 Å². The molecule has 1 N–H and O–H groups in total. The van der Waals surface area contributed by atoms with Crippen molar-refractivity contribution in [3.63, 3.8) is 0 Å². The van der Waals surface area contributed by atoms with Crippen molar-refractivity contribution in [1.82, 2.24) is 5.32 Å². The third-order valence-electron chi connectivity index (χ3n) is 4.07. The first kappa shape index (κ1) is 14.2. The van der Waals surface area contributed by atoms with Gasteiger partial charge in [-0.05, 0) is 50.1 Å². The fourth-order valence-electron chi connectivity index (χ4n) is 2.63. The Balaban J connectivity index is 2.42. The lowest BCUT2D eigenvalue weighted by molar-refractivity contribution is 0.228. The molecule has 96 valence electrons. The Kier molecular flexibility index (Phi) is 6.28. The first-order valence-electron chi connectivity index (χ1n) is 6.95. The molecule has 0 radical (unpaired) electrons. The Labute approximate surface area is 107 Å². The third kappa shape index (κ3) is 4.51. The summed E-state index contributed by atoms with van der Waals surface area (Å²) in [6.07, 6.45) is 6.40. The van der Waals surface area contributed by atoms with Gasteiger partial charge in [0.25, 0.3) is 0 Å².